The smallest absolute Gasteiger partial charge is 0.160 e. The van der Waals surface area contributed by atoms with Crippen molar-refractivity contribution in [1.82, 2.24) is 5.32 Å². The zero-order valence-electron chi connectivity index (χ0n) is 10.2. The van der Waals surface area contributed by atoms with E-state index in [0.717, 1.165) is 26.4 Å². The van der Waals surface area contributed by atoms with Gasteiger partial charge in [0.15, 0.2) is 11.6 Å². The molecule has 0 saturated heterocycles. The summed E-state index contributed by atoms with van der Waals surface area (Å²) >= 11 is 11.0. The molecule has 0 radical (unpaired) electrons. The minimum atomic E-state index is -0.938. The van der Waals surface area contributed by atoms with Gasteiger partial charge in [0.25, 0.3) is 0 Å². The lowest BCUT2D eigenvalue weighted by molar-refractivity contribution is 0.505. The Kier molecular flexibility index (Phi) is 4.61. The minimum absolute atomic E-state index is 0.209. The van der Waals surface area contributed by atoms with Crippen LogP contribution in [0.5, 0.6) is 0 Å². The molecule has 2 aromatic rings. The van der Waals surface area contributed by atoms with Gasteiger partial charge < -0.3 is 5.32 Å². The van der Waals surface area contributed by atoms with Crippen LogP contribution in [0.2, 0.25) is 5.02 Å². The van der Waals surface area contributed by atoms with Crippen molar-refractivity contribution in [2.75, 3.05) is 7.05 Å². The van der Waals surface area contributed by atoms with Crippen LogP contribution in [0, 0.1) is 18.6 Å². The lowest BCUT2D eigenvalue weighted by atomic mass is 10.0. The summed E-state index contributed by atoms with van der Waals surface area (Å²) in [5.74, 6) is -1.83. The largest absolute Gasteiger partial charge is 0.309 e. The number of hydrogen-bond donors (Lipinski definition) is 1. The van der Waals surface area contributed by atoms with Crippen LogP contribution < -0.4 is 5.32 Å². The summed E-state index contributed by atoms with van der Waals surface area (Å²) in [7, 11) is 1.76. The predicted molar refractivity (Wildman–Crippen MR) is 79.0 cm³/mol. The Labute approximate surface area is 127 Å². The quantitative estimate of drug-likeness (QED) is 0.749. The van der Waals surface area contributed by atoms with Crippen molar-refractivity contribution in [1.29, 1.82) is 0 Å². The van der Waals surface area contributed by atoms with Gasteiger partial charge in [0.05, 0.1) is 9.83 Å². The van der Waals surface area contributed by atoms with E-state index in [-0.39, 0.29) is 11.1 Å². The van der Waals surface area contributed by atoms with E-state index in [0.29, 0.717) is 5.56 Å². The van der Waals surface area contributed by atoms with Crippen LogP contribution in [0.25, 0.3) is 0 Å². The van der Waals surface area contributed by atoms with E-state index in [1.165, 1.54) is 11.3 Å². The third-order valence-corrected chi connectivity index (χ3v) is 5.33. The van der Waals surface area contributed by atoms with Crippen LogP contribution in [-0.4, -0.2) is 7.05 Å². The maximum atomic E-state index is 13.4. The molecule has 2 rings (SSSR count). The highest BCUT2D eigenvalue weighted by Gasteiger charge is 2.20. The number of rotatable bonds is 3. The second-order valence-electron chi connectivity index (χ2n) is 4.12. The molecular formula is C13H11BrClF2NS. The Morgan fingerprint density at radius 2 is 1.89 bits per heavy atom. The van der Waals surface area contributed by atoms with Crippen molar-refractivity contribution in [3.8, 4) is 0 Å². The van der Waals surface area contributed by atoms with Gasteiger partial charge in [-0.2, -0.15) is 0 Å². The molecule has 0 bridgehead atoms. The number of thiophene rings is 1. The van der Waals surface area contributed by atoms with Gasteiger partial charge in [0.2, 0.25) is 0 Å². The van der Waals surface area contributed by atoms with Crippen LogP contribution in [0.15, 0.2) is 22.0 Å². The van der Waals surface area contributed by atoms with Gasteiger partial charge in [-0.3, -0.25) is 0 Å². The first kappa shape index (κ1) is 14.9. The first-order valence-corrected chi connectivity index (χ1v) is 7.50. The highest BCUT2D eigenvalue weighted by atomic mass is 79.9. The first-order chi connectivity index (χ1) is 8.93. The minimum Gasteiger partial charge on any atom is -0.309 e. The van der Waals surface area contributed by atoms with Gasteiger partial charge >= 0.3 is 0 Å². The van der Waals surface area contributed by atoms with E-state index in [4.69, 9.17) is 11.6 Å². The summed E-state index contributed by atoms with van der Waals surface area (Å²) in [6.07, 6.45) is 0. The summed E-state index contributed by atoms with van der Waals surface area (Å²) in [5.41, 5.74) is 1.62. The molecule has 0 saturated carbocycles. The summed E-state index contributed by atoms with van der Waals surface area (Å²) in [6.45, 7) is 1.98. The van der Waals surface area contributed by atoms with Crippen LogP contribution in [-0.2, 0) is 0 Å². The maximum Gasteiger partial charge on any atom is 0.160 e. The van der Waals surface area contributed by atoms with Crippen molar-refractivity contribution in [3.05, 3.63) is 54.6 Å². The number of halogens is 4. The van der Waals surface area contributed by atoms with Gasteiger partial charge in [0.1, 0.15) is 0 Å². The van der Waals surface area contributed by atoms with Crippen molar-refractivity contribution in [2.24, 2.45) is 0 Å². The maximum absolute atomic E-state index is 13.4. The summed E-state index contributed by atoms with van der Waals surface area (Å²) in [6, 6.07) is 3.87. The topological polar surface area (TPSA) is 12.0 Å². The molecule has 6 heteroatoms. The second-order valence-corrected chi connectivity index (χ2v) is 6.92. The van der Waals surface area contributed by atoms with E-state index in [1.54, 1.807) is 7.05 Å². The van der Waals surface area contributed by atoms with Gasteiger partial charge in [-0.05, 0) is 59.2 Å². The molecule has 0 aliphatic rings. The first-order valence-electron chi connectivity index (χ1n) is 5.51. The Morgan fingerprint density at radius 3 is 2.42 bits per heavy atom. The van der Waals surface area contributed by atoms with E-state index in [9.17, 15) is 8.78 Å². The average molecular weight is 367 g/mol. The molecule has 102 valence electrons. The van der Waals surface area contributed by atoms with E-state index in [1.807, 2.05) is 13.0 Å². The molecule has 1 nitrogen and oxygen atoms in total. The summed E-state index contributed by atoms with van der Waals surface area (Å²) < 4.78 is 27.5. The third-order valence-electron chi connectivity index (χ3n) is 2.80. The molecule has 1 atom stereocenters. The molecular weight excluding hydrogens is 356 g/mol. The Bertz CT molecular complexity index is 595. The molecule has 0 aliphatic heterocycles. The van der Waals surface area contributed by atoms with Gasteiger partial charge in [-0.15, -0.1) is 11.3 Å². The highest BCUT2D eigenvalue weighted by Crippen LogP contribution is 2.37. The molecule has 1 aromatic carbocycles. The normalized spacial score (nSPS) is 12.7. The van der Waals surface area contributed by atoms with Crippen molar-refractivity contribution < 1.29 is 8.78 Å². The highest BCUT2D eigenvalue weighted by molar-refractivity contribution is 9.11. The number of hydrogen-bond acceptors (Lipinski definition) is 2. The fourth-order valence-corrected chi connectivity index (χ4v) is 3.80. The fraction of sp³-hybridized carbons (Fsp3) is 0.231. The molecule has 0 fully saturated rings. The third kappa shape index (κ3) is 2.99. The van der Waals surface area contributed by atoms with Crippen LogP contribution in [0.3, 0.4) is 0 Å². The summed E-state index contributed by atoms with van der Waals surface area (Å²) in [5, 5.41) is 3.29. The van der Waals surface area contributed by atoms with Crippen LogP contribution >= 0.6 is 38.9 Å². The number of nitrogens with one attached hydrogen (secondary N) is 1. The molecule has 19 heavy (non-hydrogen) atoms. The zero-order chi connectivity index (χ0) is 14.2. The van der Waals surface area contributed by atoms with Crippen LogP contribution in [0.4, 0.5) is 8.78 Å². The Morgan fingerprint density at radius 1 is 1.26 bits per heavy atom. The molecule has 1 N–H and O–H groups in total. The van der Waals surface area contributed by atoms with E-state index >= 15 is 0 Å². The van der Waals surface area contributed by atoms with Crippen molar-refractivity contribution in [3.63, 3.8) is 0 Å². The number of aryl methyl sites for hydroxylation is 1. The Balaban J connectivity index is 2.50. The van der Waals surface area contributed by atoms with E-state index in [2.05, 4.69) is 21.2 Å². The monoisotopic (exact) mass is 365 g/mol. The molecule has 0 spiro atoms. The van der Waals surface area contributed by atoms with Gasteiger partial charge in [-0.1, -0.05) is 11.6 Å². The lowest BCUT2D eigenvalue weighted by Gasteiger charge is -2.17. The van der Waals surface area contributed by atoms with Gasteiger partial charge in [0, 0.05) is 9.90 Å². The van der Waals surface area contributed by atoms with Crippen molar-refractivity contribution >= 4 is 38.9 Å². The standard InChI is InChI=1S/C13H11BrClF2NS/c1-6-3-11(19-13(6)14)12(18-2)7-4-9(16)10(17)5-8(7)15/h3-5,12,18H,1-2H3. The molecule has 1 heterocycles. The molecule has 0 amide bonds. The average Bonchev–Trinajstić information content (AvgIpc) is 2.67. The predicted octanol–water partition coefficient (Wildman–Crippen LogP) is 5.06. The molecule has 1 unspecified atom stereocenters. The molecule has 1 aromatic heterocycles. The summed E-state index contributed by atoms with van der Waals surface area (Å²) in [4.78, 5) is 0.986. The number of benzene rings is 1. The Hall–Kier alpha value is -0.490. The van der Waals surface area contributed by atoms with Crippen molar-refractivity contribution in [2.45, 2.75) is 13.0 Å². The van der Waals surface area contributed by atoms with E-state index < -0.39 is 11.6 Å². The molecule has 0 aliphatic carbocycles. The lowest BCUT2D eigenvalue weighted by Crippen LogP contribution is -2.17. The SMILES string of the molecule is CNC(c1cc(C)c(Br)s1)c1cc(F)c(F)cc1Cl. The van der Waals surface area contributed by atoms with Gasteiger partial charge in [-0.25, -0.2) is 8.78 Å². The second kappa shape index (κ2) is 5.87. The van der Waals surface area contributed by atoms with Crippen LogP contribution in [0.1, 0.15) is 22.0 Å². The fourth-order valence-electron chi connectivity index (χ4n) is 1.84. The zero-order valence-corrected chi connectivity index (χ0v) is 13.4.